The molecule has 0 aromatic heterocycles. The molecule has 1 saturated heterocycles. The molecule has 3 rings (SSSR count). The summed E-state index contributed by atoms with van der Waals surface area (Å²) in [5.41, 5.74) is 3.76. The van der Waals surface area contributed by atoms with Gasteiger partial charge < -0.3 is 15.0 Å². The van der Waals surface area contributed by atoms with Crippen molar-refractivity contribution in [1.29, 1.82) is 5.41 Å². The predicted octanol–water partition coefficient (Wildman–Crippen LogP) is 3.88. The maximum atomic E-state index is 7.74. The lowest BCUT2D eigenvalue weighted by atomic mass is 10.0. The van der Waals surface area contributed by atoms with Crippen molar-refractivity contribution in [2.24, 2.45) is 5.92 Å². The molecule has 0 spiro atoms. The lowest BCUT2D eigenvalue weighted by Gasteiger charge is -2.39. The highest BCUT2D eigenvalue weighted by molar-refractivity contribution is 5.74. The molecule has 2 heterocycles. The summed E-state index contributed by atoms with van der Waals surface area (Å²) >= 11 is 0. The summed E-state index contributed by atoms with van der Waals surface area (Å²) in [6.07, 6.45) is 5.92. The Bertz CT molecular complexity index is 632. The Hall–Kier alpha value is -1.81. The van der Waals surface area contributed by atoms with E-state index in [1.165, 1.54) is 17.3 Å². The summed E-state index contributed by atoms with van der Waals surface area (Å²) in [5.74, 6) is 1.60. The molecule has 2 atom stereocenters. The minimum atomic E-state index is 0.402. The molecule has 0 aliphatic carbocycles. The Morgan fingerprint density at radius 2 is 2.00 bits per heavy atom. The van der Waals surface area contributed by atoms with Gasteiger partial charge in [0.15, 0.2) is 0 Å². The number of rotatable bonds is 6. The highest BCUT2D eigenvalue weighted by Gasteiger charge is 2.24. The second-order valence-electron chi connectivity index (χ2n) is 7.29. The van der Waals surface area contributed by atoms with Gasteiger partial charge in [0.2, 0.25) is 0 Å². The average Bonchev–Trinajstić information content (AvgIpc) is 3.13. The van der Waals surface area contributed by atoms with Gasteiger partial charge in [-0.2, -0.15) is 0 Å². The Kier molecular flexibility index (Phi) is 5.79. The first-order valence-electron chi connectivity index (χ1n) is 9.59. The van der Waals surface area contributed by atoms with E-state index in [2.05, 4.69) is 54.8 Å². The van der Waals surface area contributed by atoms with Gasteiger partial charge in [-0.1, -0.05) is 38.5 Å². The minimum absolute atomic E-state index is 0.402. The first-order valence-corrected chi connectivity index (χ1v) is 9.59. The first-order chi connectivity index (χ1) is 12.1. The van der Waals surface area contributed by atoms with Gasteiger partial charge in [0, 0.05) is 44.9 Å². The van der Waals surface area contributed by atoms with Gasteiger partial charge in [0.25, 0.3) is 0 Å². The number of allylic oxidation sites excluding steroid dienone is 2. The fraction of sp³-hybridized carbons (Fsp3) is 0.571. The summed E-state index contributed by atoms with van der Waals surface area (Å²) in [5, 5.41) is 7.74. The third-order valence-corrected chi connectivity index (χ3v) is 5.68. The fourth-order valence-electron chi connectivity index (χ4n) is 3.68. The van der Waals surface area contributed by atoms with E-state index in [0.717, 1.165) is 57.1 Å². The van der Waals surface area contributed by atoms with Crippen molar-refractivity contribution in [3.63, 3.8) is 0 Å². The Balaban J connectivity index is 1.62. The Labute approximate surface area is 152 Å². The molecule has 4 nitrogen and oxygen atoms in total. The number of nitrogens with zero attached hydrogens (tertiary/aromatic N) is 2. The van der Waals surface area contributed by atoms with Crippen LogP contribution < -0.4 is 4.74 Å². The lowest BCUT2D eigenvalue weighted by molar-refractivity contribution is 0.126. The van der Waals surface area contributed by atoms with E-state index < -0.39 is 0 Å². The molecule has 136 valence electrons. The van der Waals surface area contributed by atoms with Crippen molar-refractivity contribution in [3.8, 4) is 5.75 Å². The molecule has 1 fully saturated rings. The van der Waals surface area contributed by atoms with E-state index in [4.69, 9.17) is 10.1 Å². The molecule has 1 aromatic rings. The van der Waals surface area contributed by atoms with Gasteiger partial charge in [0.05, 0.1) is 12.3 Å². The molecular formula is C21H31N3O. The van der Waals surface area contributed by atoms with Gasteiger partial charge >= 0.3 is 0 Å². The van der Waals surface area contributed by atoms with Gasteiger partial charge in [-0.05, 0) is 30.0 Å². The van der Waals surface area contributed by atoms with Crippen LogP contribution >= 0.6 is 0 Å². The van der Waals surface area contributed by atoms with Gasteiger partial charge in [-0.3, -0.25) is 4.90 Å². The van der Waals surface area contributed by atoms with E-state index >= 15 is 0 Å². The zero-order valence-corrected chi connectivity index (χ0v) is 15.8. The minimum Gasteiger partial charge on any atom is -0.493 e. The SMILES string of the molecule is CCC(C)/C=C(\C=N)N1CCN(C(C)c2ccc3c(c2)OCC3)CC1. The van der Waals surface area contributed by atoms with Crippen LogP contribution in [-0.4, -0.2) is 48.8 Å². The van der Waals surface area contributed by atoms with E-state index in [1.54, 1.807) is 0 Å². The predicted molar refractivity (Wildman–Crippen MR) is 104 cm³/mol. The van der Waals surface area contributed by atoms with Crippen LogP contribution in [0.1, 0.15) is 44.4 Å². The summed E-state index contributed by atoms with van der Waals surface area (Å²) in [6, 6.07) is 7.12. The van der Waals surface area contributed by atoms with Crippen LogP contribution in [0.15, 0.2) is 30.0 Å². The van der Waals surface area contributed by atoms with Crippen LogP contribution in [0.25, 0.3) is 0 Å². The van der Waals surface area contributed by atoms with Crippen LogP contribution in [0.4, 0.5) is 0 Å². The molecule has 25 heavy (non-hydrogen) atoms. The molecule has 2 aliphatic heterocycles. The van der Waals surface area contributed by atoms with Crippen molar-refractivity contribution in [3.05, 3.63) is 41.1 Å². The van der Waals surface area contributed by atoms with Crippen LogP contribution in [0, 0.1) is 11.3 Å². The average molecular weight is 341 g/mol. The van der Waals surface area contributed by atoms with Crippen molar-refractivity contribution in [1.82, 2.24) is 9.80 Å². The third kappa shape index (κ3) is 4.06. The highest BCUT2D eigenvalue weighted by Crippen LogP contribution is 2.31. The lowest BCUT2D eigenvalue weighted by Crippen LogP contribution is -2.46. The van der Waals surface area contributed by atoms with Crippen LogP contribution in [0.5, 0.6) is 5.75 Å². The summed E-state index contributed by atoms with van der Waals surface area (Å²) in [6.45, 7) is 11.6. The van der Waals surface area contributed by atoms with Gasteiger partial charge in [-0.25, -0.2) is 0 Å². The maximum Gasteiger partial charge on any atom is 0.122 e. The number of hydrogen-bond donors (Lipinski definition) is 1. The van der Waals surface area contributed by atoms with Crippen LogP contribution in [0.2, 0.25) is 0 Å². The second-order valence-corrected chi connectivity index (χ2v) is 7.29. The summed E-state index contributed by atoms with van der Waals surface area (Å²) in [7, 11) is 0. The summed E-state index contributed by atoms with van der Waals surface area (Å²) in [4.78, 5) is 4.90. The molecule has 0 saturated carbocycles. The van der Waals surface area contributed by atoms with E-state index in [-0.39, 0.29) is 0 Å². The molecule has 4 heteroatoms. The normalized spacial score (nSPS) is 20.8. The number of piperazine rings is 1. The summed E-state index contributed by atoms with van der Waals surface area (Å²) < 4.78 is 5.73. The van der Waals surface area contributed by atoms with E-state index in [1.807, 2.05) is 0 Å². The number of benzene rings is 1. The molecular weight excluding hydrogens is 310 g/mol. The molecule has 2 aliphatic rings. The standard InChI is InChI=1S/C21H31N3O/c1-4-16(2)13-20(15-22)24-10-8-23(9-11-24)17(3)19-6-5-18-7-12-25-21(18)14-19/h5-6,13-17,22H,4,7-12H2,1-3H3/b20-13+,22-15?. The van der Waals surface area contributed by atoms with Crippen LogP contribution in [0.3, 0.4) is 0 Å². The Morgan fingerprint density at radius 1 is 1.24 bits per heavy atom. The Morgan fingerprint density at radius 3 is 2.68 bits per heavy atom. The van der Waals surface area contributed by atoms with Crippen molar-refractivity contribution in [2.45, 2.75) is 39.7 Å². The van der Waals surface area contributed by atoms with Crippen molar-refractivity contribution < 1.29 is 4.74 Å². The molecule has 1 aromatic carbocycles. The molecule has 1 N–H and O–H groups in total. The first kappa shape index (κ1) is 18.0. The molecule has 0 amide bonds. The number of ether oxygens (including phenoxy) is 1. The largest absolute Gasteiger partial charge is 0.493 e. The second kappa shape index (κ2) is 8.05. The zero-order chi connectivity index (χ0) is 17.8. The molecule has 0 bridgehead atoms. The number of fused-ring (bicyclic) bond motifs is 1. The number of nitrogens with one attached hydrogen (secondary N) is 1. The monoisotopic (exact) mass is 341 g/mol. The topological polar surface area (TPSA) is 39.6 Å². The fourth-order valence-corrected chi connectivity index (χ4v) is 3.68. The molecule has 0 radical (unpaired) electrons. The van der Waals surface area contributed by atoms with Crippen molar-refractivity contribution >= 4 is 6.21 Å². The van der Waals surface area contributed by atoms with Crippen LogP contribution in [-0.2, 0) is 6.42 Å². The highest BCUT2D eigenvalue weighted by atomic mass is 16.5. The van der Waals surface area contributed by atoms with Gasteiger partial charge in [0.1, 0.15) is 5.75 Å². The number of hydrogen-bond acceptors (Lipinski definition) is 4. The zero-order valence-electron chi connectivity index (χ0n) is 15.8. The third-order valence-electron chi connectivity index (χ3n) is 5.68. The van der Waals surface area contributed by atoms with Gasteiger partial charge in [-0.15, -0.1) is 0 Å². The smallest absolute Gasteiger partial charge is 0.122 e. The van der Waals surface area contributed by atoms with E-state index in [9.17, 15) is 0 Å². The maximum absolute atomic E-state index is 7.74. The molecule has 2 unspecified atom stereocenters. The van der Waals surface area contributed by atoms with Crippen molar-refractivity contribution in [2.75, 3.05) is 32.8 Å². The quantitative estimate of drug-likeness (QED) is 0.798. The van der Waals surface area contributed by atoms with E-state index in [0.29, 0.717) is 12.0 Å².